The van der Waals surface area contributed by atoms with E-state index in [9.17, 15) is 4.79 Å². The second-order valence-electron chi connectivity index (χ2n) is 7.50. The van der Waals surface area contributed by atoms with Crippen LogP contribution in [0.5, 0.6) is 0 Å². The van der Waals surface area contributed by atoms with Crippen LogP contribution >= 0.6 is 22.9 Å². The maximum atomic E-state index is 12.3. The van der Waals surface area contributed by atoms with Crippen molar-refractivity contribution in [2.24, 2.45) is 5.92 Å². The van der Waals surface area contributed by atoms with Gasteiger partial charge in [-0.1, -0.05) is 23.8 Å². The predicted octanol–water partition coefficient (Wildman–Crippen LogP) is 5.41. The van der Waals surface area contributed by atoms with E-state index in [1.165, 1.54) is 16.7 Å². The van der Waals surface area contributed by atoms with Crippen LogP contribution in [0.2, 0.25) is 5.28 Å². The van der Waals surface area contributed by atoms with Gasteiger partial charge in [0.25, 0.3) is 0 Å². The SMILES string of the molecule is CCOC(=O)C1CCCN(c2nc(Cl)nc3scc(-c4ccc(C)cc4C)c23)C1. The Labute approximate surface area is 179 Å². The second-order valence-corrected chi connectivity index (χ2v) is 8.70. The molecule has 0 N–H and O–H groups in total. The molecule has 1 aromatic carbocycles. The molecule has 5 nitrogen and oxygen atoms in total. The van der Waals surface area contributed by atoms with E-state index in [4.69, 9.17) is 16.3 Å². The number of thiophene rings is 1. The number of aryl methyl sites for hydroxylation is 2. The van der Waals surface area contributed by atoms with Gasteiger partial charge in [0.05, 0.1) is 17.9 Å². The van der Waals surface area contributed by atoms with Gasteiger partial charge in [-0.3, -0.25) is 4.79 Å². The van der Waals surface area contributed by atoms with Crippen LogP contribution in [0.15, 0.2) is 23.6 Å². The predicted molar refractivity (Wildman–Crippen MR) is 119 cm³/mol. The molecule has 29 heavy (non-hydrogen) atoms. The zero-order chi connectivity index (χ0) is 20.5. The average molecular weight is 430 g/mol. The summed E-state index contributed by atoms with van der Waals surface area (Å²) in [6.45, 7) is 7.89. The summed E-state index contributed by atoms with van der Waals surface area (Å²) in [5, 5.41) is 3.37. The smallest absolute Gasteiger partial charge is 0.310 e. The molecule has 1 atom stereocenters. The zero-order valence-corrected chi connectivity index (χ0v) is 18.4. The van der Waals surface area contributed by atoms with Crippen LogP contribution in [-0.2, 0) is 9.53 Å². The Morgan fingerprint density at radius 1 is 1.31 bits per heavy atom. The number of rotatable bonds is 4. The van der Waals surface area contributed by atoms with E-state index < -0.39 is 0 Å². The number of anilines is 1. The number of aromatic nitrogens is 2. The summed E-state index contributed by atoms with van der Waals surface area (Å²) >= 11 is 7.84. The Balaban J connectivity index is 1.80. The molecule has 1 saturated heterocycles. The van der Waals surface area contributed by atoms with Crippen LogP contribution in [0, 0.1) is 19.8 Å². The molecule has 2 aromatic heterocycles. The highest BCUT2D eigenvalue weighted by Crippen LogP contribution is 2.41. The fourth-order valence-corrected chi connectivity index (χ4v) is 5.21. The Morgan fingerprint density at radius 3 is 2.90 bits per heavy atom. The number of halogens is 1. The zero-order valence-electron chi connectivity index (χ0n) is 16.9. The minimum atomic E-state index is -0.143. The van der Waals surface area contributed by atoms with Crippen molar-refractivity contribution < 1.29 is 9.53 Å². The van der Waals surface area contributed by atoms with E-state index in [1.54, 1.807) is 11.3 Å². The number of benzene rings is 1. The quantitative estimate of drug-likeness (QED) is 0.410. The normalized spacial score (nSPS) is 17.0. The number of fused-ring (bicyclic) bond motifs is 1. The molecule has 4 rings (SSSR count). The fourth-order valence-electron chi connectivity index (χ4n) is 4.06. The lowest BCUT2D eigenvalue weighted by Gasteiger charge is -2.33. The number of carbonyl (C=O) groups excluding carboxylic acids is 1. The highest BCUT2D eigenvalue weighted by molar-refractivity contribution is 7.17. The van der Waals surface area contributed by atoms with E-state index in [-0.39, 0.29) is 17.2 Å². The van der Waals surface area contributed by atoms with E-state index in [0.29, 0.717) is 13.2 Å². The van der Waals surface area contributed by atoms with Crippen LogP contribution in [0.1, 0.15) is 30.9 Å². The molecular weight excluding hydrogens is 406 g/mol. The molecule has 3 heterocycles. The molecule has 1 aliphatic heterocycles. The summed E-state index contributed by atoms with van der Waals surface area (Å²) in [6, 6.07) is 6.47. The summed E-state index contributed by atoms with van der Waals surface area (Å²) < 4.78 is 5.26. The van der Waals surface area contributed by atoms with Crippen molar-refractivity contribution in [2.75, 3.05) is 24.6 Å². The van der Waals surface area contributed by atoms with Gasteiger partial charge in [-0.2, -0.15) is 4.98 Å². The lowest BCUT2D eigenvalue weighted by atomic mass is 9.96. The van der Waals surface area contributed by atoms with Crippen molar-refractivity contribution in [2.45, 2.75) is 33.6 Å². The molecule has 1 aliphatic rings. The molecule has 152 valence electrons. The van der Waals surface area contributed by atoms with Crippen molar-refractivity contribution in [1.82, 2.24) is 9.97 Å². The number of hydrogen-bond acceptors (Lipinski definition) is 6. The van der Waals surface area contributed by atoms with Crippen LogP contribution in [-0.4, -0.2) is 35.6 Å². The maximum Gasteiger partial charge on any atom is 0.310 e. The first-order valence-corrected chi connectivity index (χ1v) is 11.2. The first-order chi connectivity index (χ1) is 14.0. The minimum Gasteiger partial charge on any atom is -0.466 e. The Bertz CT molecular complexity index is 1070. The maximum absolute atomic E-state index is 12.3. The number of piperidine rings is 1. The molecule has 0 radical (unpaired) electrons. The third-order valence-electron chi connectivity index (χ3n) is 5.40. The van der Waals surface area contributed by atoms with Gasteiger partial charge in [-0.25, -0.2) is 4.98 Å². The van der Waals surface area contributed by atoms with Gasteiger partial charge >= 0.3 is 5.97 Å². The highest BCUT2D eigenvalue weighted by atomic mass is 35.5. The Kier molecular flexibility index (Phi) is 5.74. The van der Waals surface area contributed by atoms with Gasteiger partial charge in [0.1, 0.15) is 10.6 Å². The third-order valence-corrected chi connectivity index (χ3v) is 6.44. The van der Waals surface area contributed by atoms with E-state index in [1.807, 2.05) is 6.92 Å². The van der Waals surface area contributed by atoms with Crippen molar-refractivity contribution in [3.63, 3.8) is 0 Å². The average Bonchev–Trinajstić information content (AvgIpc) is 3.11. The van der Waals surface area contributed by atoms with Crippen molar-refractivity contribution >= 4 is 44.9 Å². The summed E-state index contributed by atoms with van der Waals surface area (Å²) in [5.74, 6) is 0.537. The summed E-state index contributed by atoms with van der Waals surface area (Å²) in [4.78, 5) is 24.4. The number of ether oxygens (including phenoxy) is 1. The van der Waals surface area contributed by atoms with Crippen LogP contribution in [0.25, 0.3) is 21.3 Å². The van der Waals surface area contributed by atoms with Gasteiger partial charge in [-0.05, 0) is 56.3 Å². The molecule has 0 saturated carbocycles. The van der Waals surface area contributed by atoms with Gasteiger partial charge < -0.3 is 9.64 Å². The monoisotopic (exact) mass is 429 g/mol. The highest BCUT2D eigenvalue weighted by Gasteiger charge is 2.30. The lowest BCUT2D eigenvalue weighted by molar-refractivity contribution is -0.148. The van der Waals surface area contributed by atoms with Gasteiger partial charge in [0.15, 0.2) is 0 Å². The molecule has 1 fully saturated rings. The number of carbonyl (C=O) groups is 1. The molecule has 7 heteroatoms. The molecule has 0 aliphatic carbocycles. The van der Waals surface area contributed by atoms with Gasteiger partial charge in [-0.15, -0.1) is 11.3 Å². The van der Waals surface area contributed by atoms with Crippen molar-refractivity contribution in [3.05, 3.63) is 40.0 Å². The molecule has 3 aromatic rings. The largest absolute Gasteiger partial charge is 0.466 e. The summed E-state index contributed by atoms with van der Waals surface area (Å²) in [7, 11) is 0. The summed E-state index contributed by atoms with van der Waals surface area (Å²) in [5.41, 5.74) is 4.74. The Hall–Kier alpha value is -2.18. The van der Waals surface area contributed by atoms with Gasteiger partial charge in [0.2, 0.25) is 5.28 Å². The molecule has 0 bridgehead atoms. The number of nitrogens with zero attached hydrogens (tertiary/aromatic N) is 3. The van der Waals surface area contributed by atoms with E-state index in [0.717, 1.165) is 41.0 Å². The third kappa shape index (κ3) is 3.96. The van der Waals surface area contributed by atoms with Crippen LogP contribution in [0.4, 0.5) is 5.82 Å². The van der Waals surface area contributed by atoms with Crippen LogP contribution < -0.4 is 4.90 Å². The molecule has 0 spiro atoms. The Morgan fingerprint density at radius 2 is 2.14 bits per heavy atom. The van der Waals surface area contributed by atoms with E-state index >= 15 is 0 Å². The first-order valence-electron chi connectivity index (χ1n) is 9.92. The molecule has 1 unspecified atom stereocenters. The van der Waals surface area contributed by atoms with Crippen molar-refractivity contribution in [1.29, 1.82) is 0 Å². The minimum absolute atomic E-state index is 0.131. The number of esters is 1. The fraction of sp³-hybridized carbons (Fsp3) is 0.409. The van der Waals surface area contributed by atoms with E-state index in [2.05, 4.69) is 52.3 Å². The molecular formula is C22H24ClN3O2S. The summed E-state index contributed by atoms with van der Waals surface area (Å²) in [6.07, 6.45) is 1.75. The topological polar surface area (TPSA) is 55.3 Å². The lowest BCUT2D eigenvalue weighted by Crippen LogP contribution is -2.40. The standard InChI is InChI=1S/C22H24ClN3O2S/c1-4-28-21(27)15-6-5-9-26(11-15)19-18-17(12-29-20(18)25-22(23)24-19)16-8-7-13(2)10-14(16)3/h7-8,10,12,15H,4-6,9,11H2,1-3H3. The van der Waals surface area contributed by atoms with Crippen LogP contribution in [0.3, 0.4) is 0 Å². The van der Waals surface area contributed by atoms with Crippen molar-refractivity contribution in [3.8, 4) is 11.1 Å². The second kappa shape index (κ2) is 8.28. The molecule has 0 amide bonds. The first kappa shape index (κ1) is 20.1. The number of hydrogen-bond donors (Lipinski definition) is 0. The van der Waals surface area contributed by atoms with Gasteiger partial charge in [0, 0.05) is 24.0 Å².